The minimum atomic E-state index is -0.665. The molecule has 1 heterocycles. The lowest BCUT2D eigenvalue weighted by atomic mass is 10.0. The second kappa shape index (κ2) is 5.54. The van der Waals surface area contributed by atoms with E-state index in [2.05, 4.69) is 20.9 Å². The lowest BCUT2D eigenvalue weighted by Crippen LogP contribution is -2.17. The van der Waals surface area contributed by atoms with Crippen molar-refractivity contribution in [2.75, 3.05) is 0 Å². The molecule has 1 aromatic heterocycles. The number of nitrogens with two attached hydrogens (primary N) is 1. The van der Waals surface area contributed by atoms with Crippen LogP contribution in [0.2, 0.25) is 0 Å². The maximum Gasteiger partial charge on any atom is 0.146 e. The minimum Gasteiger partial charge on any atom is -0.322 e. The van der Waals surface area contributed by atoms with Gasteiger partial charge in [0.15, 0.2) is 0 Å². The van der Waals surface area contributed by atoms with Crippen LogP contribution >= 0.6 is 15.9 Å². The van der Waals surface area contributed by atoms with Crippen LogP contribution in [0.4, 0.5) is 8.78 Å². The molecule has 5 heteroatoms. The van der Waals surface area contributed by atoms with Gasteiger partial charge in [-0.15, -0.1) is 0 Å². The molecular weight excluding hydrogens is 302 g/mol. The Morgan fingerprint density at radius 3 is 2.67 bits per heavy atom. The lowest BCUT2D eigenvalue weighted by molar-refractivity contribution is 0.550. The molecule has 0 fully saturated rings. The van der Waals surface area contributed by atoms with Crippen molar-refractivity contribution in [3.05, 3.63) is 63.9 Å². The Kier molecular flexibility index (Phi) is 4.04. The highest BCUT2D eigenvalue weighted by molar-refractivity contribution is 9.10. The third-order valence-electron chi connectivity index (χ3n) is 2.59. The highest BCUT2D eigenvalue weighted by atomic mass is 79.9. The Bertz CT molecular complexity index is 560. The zero-order valence-corrected chi connectivity index (χ0v) is 11.0. The summed E-state index contributed by atoms with van der Waals surface area (Å²) < 4.78 is 27.7. The van der Waals surface area contributed by atoms with Gasteiger partial charge in [0.25, 0.3) is 0 Å². The summed E-state index contributed by atoms with van der Waals surface area (Å²) in [6.45, 7) is 0. The summed E-state index contributed by atoms with van der Waals surface area (Å²) in [5.74, 6) is -0.835. The number of rotatable bonds is 3. The number of aromatic nitrogens is 1. The molecule has 2 aromatic rings. The summed E-state index contributed by atoms with van der Waals surface area (Å²) in [6, 6.07) is 6.82. The van der Waals surface area contributed by atoms with Crippen molar-refractivity contribution in [1.82, 2.24) is 4.98 Å². The number of benzene rings is 1. The van der Waals surface area contributed by atoms with Gasteiger partial charge >= 0.3 is 0 Å². The van der Waals surface area contributed by atoms with Crippen molar-refractivity contribution < 1.29 is 8.78 Å². The first-order valence-electron chi connectivity index (χ1n) is 5.38. The van der Waals surface area contributed by atoms with Gasteiger partial charge < -0.3 is 5.73 Å². The first kappa shape index (κ1) is 13.1. The Labute approximate surface area is 112 Å². The van der Waals surface area contributed by atoms with Crippen LogP contribution in [0.25, 0.3) is 0 Å². The van der Waals surface area contributed by atoms with Crippen LogP contribution in [0.1, 0.15) is 17.3 Å². The maximum absolute atomic E-state index is 13.6. The third kappa shape index (κ3) is 2.91. The fourth-order valence-electron chi connectivity index (χ4n) is 1.69. The molecule has 2 N–H and O–H groups in total. The van der Waals surface area contributed by atoms with E-state index >= 15 is 0 Å². The van der Waals surface area contributed by atoms with Crippen molar-refractivity contribution in [2.24, 2.45) is 5.73 Å². The van der Waals surface area contributed by atoms with Gasteiger partial charge in [-0.1, -0.05) is 22.0 Å². The largest absolute Gasteiger partial charge is 0.322 e. The first-order valence-corrected chi connectivity index (χ1v) is 6.17. The van der Waals surface area contributed by atoms with Gasteiger partial charge in [0.2, 0.25) is 0 Å². The van der Waals surface area contributed by atoms with Crippen LogP contribution in [0.3, 0.4) is 0 Å². The molecule has 0 radical (unpaired) electrons. The van der Waals surface area contributed by atoms with E-state index < -0.39 is 11.9 Å². The molecule has 0 aliphatic heterocycles. The summed E-state index contributed by atoms with van der Waals surface area (Å²) in [6.07, 6.45) is 1.67. The summed E-state index contributed by atoms with van der Waals surface area (Å²) in [4.78, 5) is 3.89. The standard InChI is InChI=1S/C13H11BrF2N2/c14-9-4-3-8(11(16)7-9)6-12(17)13-10(15)2-1-5-18-13/h1-5,7,12H,6,17H2. The van der Waals surface area contributed by atoms with Crippen molar-refractivity contribution in [1.29, 1.82) is 0 Å². The zero-order chi connectivity index (χ0) is 13.1. The predicted molar refractivity (Wildman–Crippen MR) is 68.9 cm³/mol. The van der Waals surface area contributed by atoms with Crippen molar-refractivity contribution in [3.63, 3.8) is 0 Å². The van der Waals surface area contributed by atoms with Gasteiger partial charge in [-0.25, -0.2) is 8.78 Å². The highest BCUT2D eigenvalue weighted by Crippen LogP contribution is 2.21. The van der Waals surface area contributed by atoms with Crippen LogP contribution in [0.15, 0.2) is 41.0 Å². The van der Waals surface area contributed by atoms with Crippen molar-refractivity contribution >= 4 is 15.9 Å². The average Bonchev–Trinajstić information content (AvgIpc) is 2.33. The molecule has 2 rings (SSSR count). The monoisotopic (exact) mass is 312 g/mol. The summed E-state index contributed by atoms with van der Waals surface area (Å²) in [5, 5.41) is 0. The molecule has 1 atom stereocenters. The van der Waals surface area contributed by atoms with E-state index in [1.807, 2.05) is 0 Å². The molecular formula is C13H11BrF2N2. The van der Waals surface area contributed by atoms with E-state index in [1.165, 1.54) is 24.4 Å². The lowest BCUT2D eigenvalue weighted by Gasteiger charge is -2.12. The molecule has 1 aromatic carbocycles. The molecule has 0 saturated carbocycles. The minimum absolute atomic E-state index is 0.153. The molecule has 18 heavy (non-hydrogen) atoms. The van der Waals surface area contributed by atoms with Gasteiger partial charge in [-0.3, -0.25) is 4.98 Å². The topological polar surface area (TPSA) is 38.9 Å². The number of hydrogen-bond acceptors (Lipinski definition) is 2. The second-order valence-electron chi connectivity index (χ2n) is 3.92. The molecule has 0 bridgehead atoms. The quantitative estimate of drug-likeness (QED) is 0.943. The highest BCUT2D eigenvalue weighted by Gasteiger charge is 2.15. The van der Waals surface area contributed by atoms with Gasteiger partial charge in [0.1, 0.15) is 11.6 Å². The Morgan fingerprint density at radius 2 is 2.00 bits per heavy atom. The molecule has 0 aliphatic rings. The van der Waals surface area contributed by atoms with E-state index in [9.17, 15) is 8.78 Å². The van der Waals surface area contributed by atoms with E-state index in [1.54, 1.807) is 12.1 Å². The average molecular weight is 313 g/mol. The molecule has 1 unspecified atom stereocenters. The van der Waals surface area contributed by atoms with Gasteiger partial charge in [-0.2, -0.15) is 0 Å². The Balaban J connectivity index is 2.21. The third-order valence-corrected chi connectivity index (χ3v) is 3.09. The number of hydrogen-bond donors (Lipinski definition) is 1. The molecule has 2 nitrogen and oxygen atoms in total. The Morgan fingerprint density at radius 1 is 1.22 bits per heavy atom. The van der Waals surface area contributed by atoms with Crippen LogP contribution in [0.5, 0.6) is 0 Å². The predicted octanol–water partition coefficient (Wildman–Crippen LogP) is 3.36. The van der Waals surface area contributed by atoms with E-state index in [0.29, 0.717) is 10.0 Å². The first-order chi connectivity index (χ1) is 8.58. The summed E-state index contributed by atoms with van der Waals surface area (Å²) in [7, 11) is 0. The van der Waals surface area contributed by atoms with Crippen LogP contribution in [0, 0.1) is 11.6 Å². The molecule has 0 saturated heterocycles. The van der Waals surface area contributed by atoms with Crippen molar-refractivity contribution in [3.8, 4) is 0 Å². The smallest absolute Gasteiger partial charge is 0.146 e. The fraction of sp³-hybridized carbons (Fsp3) is 0.154. The molecule has 94 valence electrons. The molecule has 0 amide bonds. The van der Waals surface area contributed by atoms with Crippen LogP contribution in [-0.2, 0) is 6.42 Å². The second-order valence-corrected chi connectivity index (χ2v) is 4.83. The van der Waals surface area contributed by atoms with Gasteiger partial charge in [0, 0.05) is 10.7 Å². The molecule has 0 aliphatic carbocycles. The summed E-state index contributed by atoms with van der Waals surface area (Å²) >= 11 is 3.18. The van der Waals surface area contributed by atoms with Gasteiger partial charge in [0.05, 0.1) is 11.7 Å². The van der Waals surface area contributed by atoms with E-state index in [-0.39, 0.29) is 17.9 Å². The SMILES string of the molecule is NC(Cc1ccc(Br)cc1F)c1ncccc1F. The number of halogens is 3. The normalized spacial score (nSPS) is 12.4. The van der Waals surface area contributed by atoms with Gasteiger partial charge in [-0.05, 0) is 36.2 Å². The maximum atomic E-state index is 13.6. The fourth-order valence-corrected chi connectivity index (χ4v) is 2.02. The van der Waals surface area contributed by atoms with E-state index in [0.717, 1.165) is 0 Å². The Hall–Kier alpha value is -1.33. The van der Waals surface area contributed by atoms with Crippen LogP contribution in [-0.4, -0.2) is 4.98 Å². The number of pyridine rings is 1. The van der Waals surface area contributed by atoms with Crippen LogP contribution < -0.4 is 5.73 Å². The zero-order valence-electron chi connectivity index (χ0n) is 9.41. The molecule has 0 spiro atoms. The summed E-state index contributed by atoms with van der Waals surface area (Å²) in [5.41, 5.74) is 6.45. The van der Waals surface area contributed by atoms with E-state index in [4.69, 9.17) is 5.73 Å². The van der Waals surface area contributed by atoms with Crippen molar-refractivity contribution in [2.45, 2.75) is 12.5 Å². The number of nitrogens with zero attached hydrogens (tertiary/aromatic N) is 1.